The number of hydrogen-bond donors (Lipinski definition) is 3. The standard InChI is InChI=1S/C9H10N4/c1-2-4-7-6(3-1)8(13-12-7)9-10-5-11-9/h1-4,8,12-13H,5H2,(H,10,11). The zero-order valence-electron chi connectivity index (χ0n) is 7.04. The molecule has 4 nitrogen and oxygen atoms in total. The van der Waals surface area contributed by atoms with Gasteiger partial charge in [0.05, 0.1) is 5.69 Å². The van der Waals surface area contributed by atoms with E-state index in [0.29, 0.717) is 0 Å². The minimum absolute atomic E-state index is 0.199. The van der Waals surface area contributed by atoms with Gasteiger partial charge < -0.3 is 10.7 Å². The van der Waals surface area contributed by atoms with Gasteiger partial charge in [0.25, 0.3) is 0 Å². The number of aliphatic imine (C=N–C) groups is 1. The molecule has 0 bridgehead atoms. The van der Waals surface area contributed by atoms with E-state index in [9.17, 15) is 0 Å². The maximum atomic E-state index is 4.25. The number of anilines is 1. The van der Waals surface area contributed by atoms with Crippen molar-refractivity contribution in [1.82, 2.24) is 10.7 Å². The van der Waals surface area contributed by atoms with Crippen LogP contribution in [0.5, 0.6) is 0 Å². The zero-order chi connectivity index (χ0) is 8.67. The Kier molecular flexibility index (Phi) is 1.31. The van der Waals surface area contributed by atoms with E-state index in [1.807, 2.05) is 12.1 Å². The summed E-state index contributed by atoms with van der Waals surface area (Å²) in [5.74, 6) is 1.03. The molecular weight excluding hydrogens is 164 g/mol. The summed E-state index contributed by atoms with van der Waals surface area (Å²) in [6.45, 7) is 0.746. The predicted octanol–water partition coefficient (Wildman–Crippen LogP) is 0.617. The number of hydrazine groups is 1. The molecule has 4 heteroatoms. The summed E-state index contributed by atoms with van der Waals surface area (Å²) in [5, 5.41) is 3.18. The first-order valence-electron chi connectivity index (χ1n) is 4.34. The van der Waals surface area contributed by atoms with Crippen molar-refractivity contribution >= 4 is 11.5 Å². The van der Waals surface area contributed by atoms with Gasteiger partial charge in [0, 0.05) is 5.56 Å². The van der Waals surface area contributed by atoms with Crippen LogP contribution >= 0.6 is 0 Å². The summed E-state index contributed by atoms with van der Waals surface area (Å²) in [6.07, 6.45) is 0. The van der Waals surface area contributed by atoms with Crippen molar-refractivity contribution in [3.8, 4) is 0 Å². The number of para-hydroxylation sites is 1. The Morgan fingerprint density at radius 1 is 1.31 bits per heavy atom. The minimum atomic E-state index is 0.199. The lowest BCUT2D eigenvalue weighted by Crippen LogP contribution is -2.42. The molecule has 0 aromatic heterocycles. The van der Waals surface area contributed by atoms with Crippen LogP contribution in [0.25, 0.3) is 0 Å². The molecule has 3 N–H and O–H groups in total. The molecule has 2 aliphatic heterocycles. The number of benzene rings is 1. The SMILES string of the molecule is c1ccc2c(c1)NNC2C1=NCN1. The van der Waals surface area contributed by atoms with Crippen molar-refractivity contribution in [3.05, 3.63) is 29.8 Å². The molecule has 2 heterocycles. The molecule has 0 aliphatic carbocycles. The molecule has 1 aromatic rings. The van der Waals surface area contributed by atoms with E-state index in [-0.39, 0.29) is 6.04 Å². The molecule has 3 rings (SSSR count). The molecule has 0 fully saturated rings. The van der Waals surface area contributed by atoms with Gasteiger partial charge in [-0.1, -0.05) is 18.2 Å². The molecule has 2 aliphatic rings. The molecule has 0 saturated carbocycles. The van der Waals surface area contributed by atoms with E-state index < -0.39 is 0 Å². The third-order valence-electron chi connectivity index (χ3n) is 2.41. The summed E-state index contributed by atoms with van der Waals surface area (Å²) in [6, 6.07) is 8.42. The fraction of sp³-hybridized carbons (Fsp3) is 0.222. The molecule has 0 radical (unpaired) electrons. The van der Waals surface area contributed by atoms with Crippen LogP contribution in [-0.2, 0) is 0 Å². The Morgan fingerprint density at radius 3 is 2.92 bits per heavy atom. The van der Waals surface area contributed by atoms with Gasteiger partial charge in [-0.15, -0.1) is 0 Å². The molecule has 66 valence electrons. The van der Waals surface area contributed by atoms with Gasteiger partial charge >= 0.3 is 0 Å². The van der Waals surface area contributed by atoms with Crippen LogP contribution in [-0.4, -0.2) is 12.5 Å². The van der Waals surface area contributed by atoms with Gasteiger partial charge in [-0.3, -0.25) is 0 Å². The smallest absolute Gasteiger partial charge is 0.124 e. The Bertz CT molecular complexity index is 372. The van der Waals surface area contributed by atoms with Gasteiger partial charge in [0.2, 0.25) is 0 Å². The van der Waals surface area contributed by atoms with Gasteiger partial charge in [-0.05, 0) is 6.07 Å². The van der Waals surface area contributed by atoms with Crippen molar-refractivity contribution in [3.63, 3.8) is 0 Å². The molecule has 0 saturated heterocycles. The minimum Gasteiger partial charge on any atom is -0.353 e. The average Bonchev–Trinajstić information content (AvgIpc) is 2.47. The summed E-state index contributed by atoms with van der Waals surface area (Å²) >= 11 is 0. The van der Waals surface area contributed by atoms with Crippen LogP contribution < -0.4 is 16.2 Å². The fourth-order valence-corrected chi connectivity index (χ4v) is 1.67. The Labute approximate surface area is 76.0 Å². The lowest BCUT2D eigenvalue weighted by molar-refractivity contribution is 0.696. The van der Waals surface area contributed by atoms with Crippen molar-refractivity contribution in [2.24, 2.45) is 4.99 Å². The van der Waals surface area contributed by atoms with Crippen LogP contribution in [0.4, 0.5) is 5.69 Å². The highest BCUT2D eigenvalue weighted by molar-refractivity contribution is 5.94. The summed E-state index contributed by atoms with van der Waals surface area (Å²) in [7, 11) is 0. The first kappa shape index (κ1) is 6.91. The largest absolute Gasteiger partial charge is 0.353 e. The topological polar surface area (TPSA) is 48.5 Å². The second kappa shape index (κ2) is 2.47. The maximum Gasteiger partial charge on any atom is 0.124 e. The van der Waals surface area contributed by atoms with Gasteiger partial charge in [0.15, 0.2) is 0 Å². The molecule has 1 aromatic carbocycles. The molecule has 1 atom stereocenters. The summed E-state index contributed by atoms with van der Waals surface area (Å²) in [4.78, 5) is 4.25. The first-order valence-corrected chi connectivity index (χ1v) is 4.34. The van der Waals surface area contributed by atoms with Crippen LogP contribution in [0.2, 0.25) is 0 Å². The third kappa shape index (κ3) is 0.922. The number of nitrogens with one attached hydrogen (secondary N) is 3. The zero-order valence-corrected chi connectivity index (χ0v) is 7.04. The average molecular weight is 174 g/mol. The normalized spacial score (nSPS) is 23.7. The predicted molar refractivity (Wildman–Crippen MR) is 51.4 cm³/mol. The molecular formula is C9H10N4. The number of fused-ring (bicyclic) bond motifs is 1. The van der Waals surface area contributed by atoms with Crippen molar-refractivity contribution in [2.45, 2.75) is 6.04 Å². The van der Waals surface area contributed by atoms with Crippen LogP contribution in [0, 0.1) is 0 Å². The van der Waals surface area contributed by atoms with E-state index >= 15 is 0 Å². The maximum absolute atomic E-state index is 4.25. The van der Waals surface area contributed by atoms with E-state index in [1.165, 1.54) is 5.56 Å². The number of amidine groups is 1. The van der Waals surface area contributed by atoms with Crippen LogP contribution in [0.1, 0.15) is 11.6 Å². The van der Waals surface area contributed by atoms with Crippen LogP contribution in [0.15, 0.2) is 29.3 Å². The Morgan fingerprint density at radius 2 is 2.15 bits per heavy atom. The third-order valence-corrected chi connectivity index (χ3v) is 2.41. The summed E-state index contributed by atoms with van der Waals surface area (Å²) in [5.41, 5.74) is 8.71. The highest BCUT2D eigenvalue weighted by Gasteiger charge is 2.27. The molecule has 13 heavy (non-hydrogen) atoms. The van der Waals surface area contributed by atoms with E-state index in [1.54, 1.807) is 0 Å². The number of nitrogens with zero attached hydrogens (tertiary/aromatic N) is 1. The fourth-order valence-electron chi connectivity index (χ4n) is 1.67. The summed E-state index contributed by atoms with van der Waals surface area (Å²) < 4.78 is 0. The number of rotatable bonds is 1. The molecule has 1 unspecified atom stereocenters. The van der Waals surface area contributed by atoms with Gasteiger partial charge in [-0.2, -0.15) is 0 Å². The van der Waals surface area contributed by atoms with Crippen LogP contribution in [0.3, 0.4) is 0 Å². The molecule has 0 amide bonds. The Hall–Kier alpha value is -1.55. The van der Waals surface area contributed by atoms with Crippen molar-refractivity contribution in [2.75, 3.05) is 12.1 Å². The monoisotopic (exact) mass is 174 g/mol. The van der Waals surface area contributed by atoms with E-state index in [0.717, 1.165) is 18.2 Å². The number of hydrogen-bond acceptors (Lipinski definition) is 4. The van der Waals surface area contributed by atoms with Gasteiger partial charge in [-0.25, -0.2) is 10.4 Å². The van der Waals surface area contributed by atoms with E-state index in [2.05, 4.69) is 33.3 Å². The highest BCUT2D eigenvalue weighted by Crippen LogP contribution is 2.28. The quantitative estimate of drug-likeness (QED) is 0.585. The lowest BCUT2D eigenvalue weighted by atomic mass is 10.1. The van der Waals surface area contributed by atoms with Crippen molar-refractivity contribution in [1.29, 1.82) is 0 Å². The van der Waals surface area contributed by atoms with Gasteiger partial charge in [0.1, 0.15) is 18.5 Å². The second-order valence-electron chi connectivity index (χ2n) is 3.17. The first-order chi connectivity index (χ1) is 6.45. The van der Waals surface area contributed by atoms with Crippen molar-refractivity contribution < 1.29 is 0 Å². The Balaban J connectivity index is 2.02. The molecule has 0 spiro atoms. The second-order valence-corrected chi connectivity index (χ2v) is 3.17. The highest BCUT2D eigenvalue weighted by atomic mass is 15.4. The van der Waals surface area contributed by atoms with E-state index in [4.69, 9.17) is 0 Å². The lowest BCUT2D eigenvalue weighted by Gasteiger charge is -2.21.